The lowest BCUT2D eigenvalue weighted by molar-refractivity contribution is 0.0380. The van der Waals surface area contributed by atoms with E-state index in [2.05, 4.69) is 39.2 Å². The van der Waals surface area contributed by atoms with Crippen molar-refractivity contribution in [2.45, 2.75) is 51.7 Å². The molecule has 4 atom stereocenters. The predicted molar refractivity (Wildman–Crippen MR) is 131 cm³/mol. The fourth-order valence-corrected chi connectivity index (χ4v) is 6.16. The third-order valence-corrected chi connectivity index (χ3v) is 8.09. The maximum atomic E-state index is 15.5. The molecule has 2 aromatic heterocycles. The van der Waals surface area contributed by atoms with Crippen LogP contribution in [-0.2, 0) is 0 Å². The summed E-state index contributed by atoms with van der Waals surface area (Å²) in [6.07, 6.45) is 4.36. The van der Waals surface area contributed by atoms with Crippen LogP contribution in [0.2, 0.25) is 0 Å². The first-order valence-corrected chi connectivity index (χ1v) is 12.3. The van der Waals surface area contributed by atoms with Crippen LogP contribution in [0, 0.1) is 10.8 Å². The Kier molecular flexibility index (Phi) is 5.24. The average molecular weight is 493 g/mol. The Balaban J connectivity index is 1.22. The van der Waals surface area contributed by atoms with Gasteiger partial charge in [0.05, 0.1) is 23.5 Å². The number of alkyl halides is 1. The topological polar surface area (TPSA) is 106 Å². The standard InChI is InChI=1S/C26H29FN6O3/c1-25-6-7-26(2,14-25)22(27)18(12-25)33(3)21-13-28-23(31-30-21)16-5-4-15(10-19(16)34)17-11-20-24(32-29-17)36-9-8-35-20/h4-5,10-11,13,18,22,34H,6-9,12,14H2,1-3H3/t18-,22-,25-,26-/m0/s1. The Labute approximate surface area is 208 Å². The molecule has 3 aromatic rings. The Morgan fingerprint density at radius 1 is 1.06 bits per heavy atom. The van der Waals surface area contributed by atoms with Crippen molar-refractivity contribution in [2.24, 2.45) is 10.8 Å². The smallest absolute Gasteiger partial charge is 0.276 e. The van der Waals surface area contributed by atoms with Crippen LogP contribution in [0.15, 0.2) is 30.5 Å². The second-order valence-corrected chi connectivity index (χ2v) is 10.9. The minimum absolute atomic E-state index is 0.0133. The van der Waals surface area contributed by atoms with Gasteiger partial charge in [-0.2, -0.15) is 0 Å². The molecule has 1 aromatic carbocycles. The number of aromatic nitrogens is 5. The molecule has 3 heterocycles. The Bertz CT molecular complexity index is 1310. The van der Waals surface area contributed by atoms with E-state index in [1.54, 1.807) is 30.5 Å². The van der Waals surface area contributed by atoms with Gasteiger partial charge in [0.1, 0.15) is 25.1 Å². The molecule has 1 N–H and O–H groups in total. The van der Waals surface area contributed by atoms with Gasteiger partial charge in [0.15, 0.2) is 17.4 Å². The highest BCUT2D eigenvalue weighted by Crippen LogP contribution is 2.59. The highest BCUT2D eigenvalue weighted by molar-refractivity contribution is 5.72. The Morgan fingerprint density at radius 2 is 1.89 bits per heavy atom. The molecule has 2 saturated carbocycles. The lowest BCUT2D eigenvalue weighted by Gasteiger charge is -2.46. The molecular formula is C26H29FN6O3. The molecule has 10 heteroatoms. The van der Waals surface area contributed by atoms with Crippen molar-refractivity contribution >= 4 is 5.82 Å². The zero-order valence-electron chi connectivity index (χ0n) is 20.6. The largest absolute Gasteiger partial charge is 0.507 e. The molecule has 0 saturated heterocycles. The molecule has 3 aliphatic rings. The monoisotopic (exact) mass is 492 g/mol. The number of rotatable bonds is 4. The summed E-state index contributed by atoms with van der Waals surface area (Å²) in [5.74, 6) is 1.66. The van der Waals surface area contributed by atoms with Gasteiger partial charge in [-0.05, 0) is 43.2 Å². The minimum Gasteiger partial charge on any atom is -0.507 e. The van der Waals surface area contributed by atoms with E-state index in [0.29, 0.717) is 47.5 Å². The molecule has 2 fully saturated rings. The number of fused-ring (bicyclic) bond motifs is 3. The normalized spacial score (nSPS) is 28.7. The lowest BCUT2D eigenvalue weighted by Crippen LogP contribution is -2.52. The van der Waals surface area contributed by atoms with Gasteiger partial charge < -0.3 is 19.5 Å². The van der Waals surface area contributed by atoms with Crippen LogP contribution in [0.25, 0.3) is 22.6 Å². The third kappa shape index (κ3) is 3.79. The first-order valence-electron chi connectivity index (χ1n) is 12.3. The lowest BCUT2D eigenvalue weighted by atomic mass is 9.67. The summed E-state index contributed by atoms with van der Waals surface area (Å²) in [7, 11) is 1.86. The second-order valence-electron chi connectivity index (χ2n) is 10.9. The summed E-state index contributed by atoms with van der Waals surface area (Å²) >= 11 is 0. The van der Waals surface area contributed by atoms with Gasteiger partial charge in [0, 0.05) is 24.1 Å². The quantitative estimate of drug-likeness (QED) is 0.573. The average Bonchev–Trinajstić information content (AvgIpc) is 3.17. The molecule has 188 valence electrons. The van der Waals surface area contributed by atoms with E-state index in [-0.39, 0.29) is 28.4 Å². The number of hydrogen-bond acceptors (Lipinski definition) is 9. The molecule has 0 spiro atoms. The summed E-state index contributed by atoms with van der Waals surface area (Å²) in [5.41, 5.74) is 1.51. The Morgan fingerprint density at radius 3 is 2.67 bits per heavy atom. The van der Waals surface area contributed by atoms with E-state index in [4.69, 9.17) is 9.47 Å². The van der Waals surface area contributed by atoms with Crippen molar-refractivity contribution < 1.29 is 19.0 Å². The number of hydrogen-bond donors (Lipinski definition) is 1. The summed E-state index contributed by atoms with van der Waals surface area (Å²) in [4.78, 5) is 6.31. The third-order valence-electron chi connectivity index (χ3n) is 8.09. The molecule has 2 bridgehead atoms. The van der Waals surface area contributed by atoms with Crippen LogP contribution in [0.5, 0.6) is 17.4 Å². The maximum Gasteiger partial charge on any atom is 0.276 e. The van der Waals surface area contributed by atoms with E-state index in [1.165, 1.54) is 0 Å². The van der Waals surface area contributed by atoms with Gasteiger partial charge in [-0.15, -0.1) is 20.4 Å². The van der Waals surface area contributed by atoms with Gasteiger partial charge in [0.25, 0.3) is 5.88 Å². The minimum atomic E-state index is -0.931. The van der Waals surface area contributed by atoms with Gasteiger partial charge in [0.2, 0.25) is 0 Å². The zero-order chi connectivity index (χ0) is 25.1. The zero-order valence-corrected chi connectivity index (χ0v) is 20.6. The van der Waals surface area contributed by atoms with Crippen molar-refractivity contribution in [3.8, 4) is 40.0 Å². The van der Waals surface area contributed by atoms with Crippen LogP contribution < -0.4 is 14.4 Å². The van der Waals surface area contributed by atoms with Crippen LogP contribution in [0.3, 0.4) is 0 Å². The predicted octanol–water partition coefficient (Wildman–Crippen LogP) is 4.22. The van der Waals surface area contributed by atoms with Crippen molar-refractivity contribution in [1.82, 2.24) is 25.4 Å². The number of aromatic hydroxyl groups is 1. The maximum absolute atomic E-state index is 15.5. The summed E-state index contributed by atoms with van der Waals surface area (Å²) in [6, 6.07) is 6.55. The van der Waals surface area contributed by atoms with E-state index < -0.39 is 6.17 Å². The number of benzene rings is 1. The molecule has 36 heavy (non-hydrogen) atoms. The number of phenols is 1. The van der Waals surface area contributed by atoms with Crippen LogP contribution in [0.4, 0.5) is 10.2 Å². The van der Waals surface area contributed by atoms with Gasteiger partial charge >= 0.3 is 0 Å². The summed E-state index contributed by atoms with van der Waals surface area (Å²) < 4.78 is 26.5. The second kappa shape index (κ2) is 8.25. The number of halogens is 1. The molecule has 0 amide bonds. The fraction of sp³-hybridized carbons (Fsp3) is 0.500. The SMILES string of the molecule is CN(c1cnc(-c2ccc(-c3cc4c(nn3)OCCO4)cc2O)nn1)[C@H]1C[C@]2(C)CC[C@@](C)(C2)[C@H]1F. The molecule has 1 aliphatic heterocycles. The van der Waals surface area contributed by atoms with E-state index in [9.17, 15) is 5.11 Å². The van der Waals surface area contributed by atoms with Gasteiger partial charge in [-0.3, -0.25) is 0 Å². The fourth-order valence-electron chi connectivity index (χ4n) is 6.16. The number of ether oxygens (including phenoxy) is 2. The molecular weight excluding hydrogens is 463 g/mol. The summed E-state index contributed by atoms with van der Waals surface area (Å²) in [5, 5.41) is 27.5. The summed E-state index contributed by atoms with van der Waals surface area (Å²) in [6.45, 7) is 5.22. The van der Waals surface area contributed by atoms with Crippen LogP contribution in [-0.4, -0.2) is 63.0 Å². The molecule has 2 aliphatic carbocycles. The van der Waals surface area contributed by atoms with Gasteiger partial charge in [-0.1, -0.05) is 19.9 Å². The molecule has 0 unspecified atom stereocenters. The van der Waals surface area contributed by atoms with E-state index in [0.717, 1.165) is 25.7 Å². The highest BCUT2D eigenvalue weighted by Gasteiger charge is 2.56. The van der Waals surface area contributed by atoms with E-state index >= 15 is 4.39 Å². The number of anilines is 1. The number of phenolic OH excluding ortho intramolecular Hbond substituents is 1. The highest BCUT2D eigenvalue weighted by atomic mass is 19.1. The van der Waals surface area contributed by atoms with E-state index in [1.807, 2.05) is 11.9 Å². The first-order chi connectivity index (χ1) is 17.2. The molecule has 9 nitrogen and oxygen atoms in total. The first kappa shape index (κ1) is 22.9. The van der Waals surface area contributed by atoms with Crippen LogP contribution >= 0.6 is 0 Å². The van der Waals surface area contributed by atoms with Crippen molar-refractivity contribution in [3.05, 3.63) is 30.5 Å². The van der Waals surface area contributed by atoms with Crippen LogP contribution in [0.1, 0.15) is 39.5 Å². The Hall–Kier alpha value is -3.56. The van der Waals surface area contributed by atoms with Crippen molar-refractivity contribution in [2.75, 3.05) is 25.2 Å². The van der Waals surface area contributed by atoms with Crippen molar-refractivity contribution in [3.63, 3.8) is 0 Å². The molecule has 0 radical (unpaired) electrons. The van der Waals surface area contributed by atoms with Gasteiger partial charge in [-0.25, -0.2) is 9.37 Å². The molecule has 6 rings (SSSR count). The number of nitrogens with zero attached hydrogens (tertiary/aromatic N) is 6. The van der Waals surface area contributed by atoms with Crippen molar-refractivity contribution in [1.29, 1.82) is 0 Å².